The number of hydrogen-bond acceptors (Lipinski definition) is 9. The molecule has 9 heteroatoms. The monoisotopic (exact) mass is 558 g/mol. The van der Waals surface area contributed by atoms with Crippen LogP contribution in [-0.2, 0) is 25.6 Å². The fourth-order valence-electron chi connectivity index (χ4n) is 4.27. The second-order valence-electron chi connectivity index (χ2n) is 8.87. The van der Waals surface area contributed by atoms with E-state index >= 15 is 0 Å². The van der Waals surface area contributed by atoms with Crippen LogP contribution in [-0.4, -0.2) is 57.5 Å². The molecule has 0 spiro atoms. The Labute approximate surface area is 236 Å². The molecule has 3 rings (SSSR count). The largest absolute Gasteiger partial charge is 0.493 e. The fourth-order valence-corrected chi connectivity index (χ4v) is 4.27. The Hall–Kier alpha value is -3.08. The molecule has 40 heavy (non-hydrogen) atoms. The van der Waals surface area contributed by atoms with Crippen LogP contribution in [0.5, 0.6) is 17.2 Å². The first kappa shape index (κ1) is 31.4. The summed E-state index contributed by atoms with van der Waals surface area (Å²) >= 11 is 0. The standard InChI is InChI=1S/C31H42O9/c1-8-34-20(4)37-15-11-12-23-16-25-26(19-32)30(40-31(25)29(17-23)39-22(6)36-10-3)24-13-14-27(28(18-24)33-7)38-21(5)35-9-2/h11-14,16-18,20-22,32H,8-10,15,19H2,1-7H3/b12-11+. The van der Waals surface area contributed by atoms with Crippen molar-refractivity contribution in [1.82, 2.24) is 0 Å². The van der Waals surface area contributed by atoms with E-state index < -0.39 is 12.6 Å². The average Bonchev–Trinajstić information content (AvgIpc) is 3.30. The molecule has 0 radical (unpaired) electrons. The van der Waals surface area contributed by atoms with Crippen LogP contribution in [0.2, 0.25) is 0 Å². The van der Waals surface area contributed by atoms with Crippen LogP contribution in [0.25, 0.3) is 28.4 Å². The van der Waals surface area contributed by atoms with Crippen molar-refractivity contribution >= 4 is 17.0 Å². The molecule has 0 bridgehead atoms. The van der Waals surface area contributed by atoms with Gasteiger partial charge in [0.15, 0.2) is 41.7 Å². The van der Waals surface area contributed by atoms with Gasteiger partial charge in [-0.1, -0.05) is 12.2 Å². The first-order valence-electron chi connectivity index (χ1n) is 13.7. The van der Waals surface area contributed by atoms with Crippen molar-refractivity contribution < 1.29 is 42.7 Å². The molecule has 3 atom stereocenters. The van der Waals surface area contributed by atoms with Gasteiger partial charge in [-0.25, -0.2) is 0 Å². The minimum absolute atomic E-state index is 0.243. The minimum Gasteiger partial charge on any atom is -0.493 e. The molecule has 0 aliphatic carbocycles. The van der Waals surface area contributed by atoms with E-state index in [-0.39, 0.29) is 12.9 Å². The Morgan fingerprint density at radius 2 is 1.45 bits per heavy atom. The van der Waals surface area contributed by atoms with Gasteiger partial charge in [0.2, 0.25) is 0 Å². The van der Waals surface area contributed by atoms with Crippen LogP contribution in [0.1, 0.15) is 52.7 Å². The number of ether oxygens (including phenoxy) is 7. The summed E-state index contributed by atoms with van der Waals surface area (Å²) in [5.74, 6) is 2.06. The van der Waals surface area contributed by atoms with Gasteiger partial charge in [-0.2, -0.15) is 0 Å². The molecule has 0 aliphatic rings. The van der Waals surface area contributed by atoms with Crippen molar-refractivity contribution in [2.45, 2.75) is 67.0 Å². The zero-order chi connectivity index (χ0) is 29.1. The van der Waals surface area contributed by atoms with Crippen LogP contribution in [0.4, 0.5) is 0 Å². The third-order valence-corrected chi connectivity index (χ3v) is 5.99. The van der Waals surface area contributed by atoms with E-state index in [1.807, 2.05) is 78.0 Å². The Morgan fingerprint density at radius 1 is 0.800 bits per heavy atom. The lowest BCUT2D eigenvalue weighted by Gasteiger charge is -2.17. The molecule has 0 fully saturated rings. The Kier molecular flexibility index (Phi) is 12.3. The molecular formula is C31H42O9. The van der Waals surface area contributed by atoms with Gasteiger partial charge in [0.25, 0.3) is 0 Å². The zero-order valence-corrected chi connectivity index (χ0v) is 24.5. The zero-order valence-electron chi connectivity index (χ0n) is 24.5. The summed E-state index contributed by atoms with van der Waals surface area (Å²) in [5.41, 5.74) is 2.70. The number of furan rings is 1. The van der Waals surface area contributed by atoms with Crippen LogP contribution in [0, 0.1) is 0 Å². The molecule has 220 valence electrons. The van der Waals surface area contributed by atoms with Crippen molar-refractivity contribution in [3.8, 4) is 28.6 Å². The Balaban J connectivity index is 2.04. The summed E-state index contributed by atoms with van der Waals surface area (Å²) in [5, 5.41) is 11.2. The molecule has 1 N–H and O–H groups in total. The van der Waals surface area contributed by atoms with Crippen molar-refractivity contribution in [2.75, 3.05) is 33.5 Å². The molecule has 0 aliphatic heterocycles. The van der Waals surface area contributed by atoms with Crippen LogP contribution < -0.4 is 14.2 Å². The highest BCUT2D eigenvalue weighted by Gasteiger charge is 2.22. The van der Waals surface area contributed by atoms with E-state index in [0.717, 1.165) is 10.9 Å². The predicted octanol–water partition coefficient (Wildman–Crippen LogP) is 6.54. The van der Waals surface area contributed by atoms with Gasteiger partial charge < -0.3 is 42.7 Å². The van der Waals surface area contributed by atoms with Gasteiger partial charge in [0, 0.05) is 36.3 Å². The molecule has 3 unspecified atom stereocenters. The van der Waals surface area contributed by atoms with Crippen LogP contribution >= 0.6 is 0 Å². The molecule has 0 amide bonds. The summed E-state index contributed by atoms with van der Waals surface area (Å²) in [6.07, 6.45) is 2.60. The number of hydrogen-bond donors (Lipinski definition) is 1. The van der Waals surface area contributed by atoms with Gasteiger partial charge in [0.1, 0.15) is 5.76 Å². The summed E-state index contributed by atoms with van der Waals surface area (Å²) in [7, 11) is 1.57. The third kappa shape index (κ3) is 8.22. The maximum absolute atomic E-state index is 10.4. The van der Waals surface area contributed by atoms with Gasteiger partial charge in [-0.15, -0.1) is 0 Å². The van der Waals surface area contributed by atoms with Crippen molar-refractivity contribution in [1.29, 1.82) is 0 Å². The van der Waals surface area contributed by atoms with Crippen LogP contribution in [0.3, 0.4) is 0 Å². The normalized spacial score (nSPS) is 14.0. The first-order valence-corrected chi connectivity index (χ1v) is 13.7. The van der Waals surface area contributed by atoms with E-state index in [4.69, 9.17) is 37.6 Å². The van der Waals surface area contributed by atoms with Crippen molar-refractivity contribution in [2.24, 2.45) is 0 Å². The maximum atomic E-state index is 10.4. The molecule has 9 nitrogen and oxygen atoms in total. The maximum Gasteiger partial charge on any atom is 0.197 e. The van der Waals surface area contributed by atoms with Gasteiger partial charge in [-0.05, 0) is 77.4 Å². The molecule has 0 saturated heterocycles. The molecule has 1 aromatic heterocycles. The smallest absolute Gasteiger partial charge is 0.197 e. The average molecular weight is 559 g/mol. The predicted molar refractivity (Wildman–Crippen MR) is 154 cm³/mol. The molecule has 3 aromatic rings. The molecule has 0 saturated carbocycles. The van der Waals surface area contributed by atoms with E-state index in [0.29, 0.717) is 66.1 Å². The van der Waals surface area contributed by atoms with Gasteiger partial charge in [0.05, 0.1) is 20.3 Å². The van der Waals surface area contributed by atoms with E-state index in [9.17, 15) is 5.11 Å². The molecule has 2 aromatic carbocycles. The number of rotatable bonds is 17. The number of methoxy groups -OCH3 is 1. The lowest BCUT2D eigenvalue weighted by Crippen LogP contribution is -2.16. The highest BCUT2D eigenvalue weighted by Crippen LogP contribution is 2.42. The summed E-state index contributed by atoms with van der Waals surface area (Å²) in [6.45, 7) is 13.0. The summed E-state index contributed by atoms with van der Waals surface area (Å²) in [6, 6.07) is 9.29. The Morgan fingerprint density at radius 3 is 2.08 bits per heavy atom. The summed E-state index contributed by atoms with van der Waals surface area (Å²) < 4.78 is 46.1. The fraction of sp³-hybridized carbons (Fsp3) is 0.484. The SMILES string of the molecule is CCOC(C)OC/C=C/c1cc(OC(C)OCC)c2oc(-c3ccc(OC(C)OCC)c(OC)c3)c(CO)c2c1. The number of aliphatic hydroxyl groups is 1. The molecule has 1 heterocycles. The van der Waals surface area contributed by atoms with Gasteiger partial charge in [-0.3, -0.25) is 0 Å². The van der Waals surface area contributed by atoms with Crippen LogP contribution in [0.15, 0.2) is 40.8 Å². The molecular weight excluding hydrogens is 516 g/mol. The second-order valence-corrected chi connectivity index (χ2v) is 8.87. The highest BCUT2D eigenvalue weighted by atomic mass is 16.7. The van der Waals surface area contributed by atoms with Crippen molar-refractivity contribution in [3.05, 3.63) is 47.5 Å². The van der Waals surface area contributed by atoms with Crippen molar-refractivity contribution in [3.63, 3.8) is 0 Å². The van der Waals surface area contributed by atoms with E-state index in [1.165, 1.54) is 0 Å². The van der Waals surface area contributed by atoms with Gasteiger partial charge >= 0.3 is 0 Å². The lowest BCUT2D eigenvalue weighted by atomic mass is 10.0. The topological polar surface area (TPSA) is 98.0 Å². The first-order chi connectivity index (χ1) is 19.3. The number of aliphatic hydroxyl groups excluding tert-OH is 1. The number of fused-ring (bicyclic) bond motifs is 1. The minimum atomic E-state index is -0.502. The number of benzene rings is 2. The summed E-state index contributed by atoms with van der Waals surface area (Å²) in [4.78, 5) is 0. The van der Waals surface area contributed by atoms with E-state index in [1.54, 1.807) is 13.2 Å². The van der Waals surface area contributed by atoms with E-state index in [2.05, 4.69) is 0 Å². The Bertz CT molecular complexity index is 1230. The lowest BCUT2D eigenvalue weighted by molar-refractivity contribution is -0.118. The highest BCUT2D eigenvalue weighted by molar-refractivity contribution is 5.93. The quantitative estimate of drug-likeness (QED) is 0.185. The third-order valence-electron chi connectivity index (χ3n) is 5.99. The second kappa shape index (κ2) is 15.6.